The van der Waals surface area contributed by atoms with Gasteiger partial charge in [0.1, 0.15) is 0 Å². The summed E-state index contributed by atoms with van der Waals surface area (Å²) in [5.41, 5.74) is 2.53. The summed E-state index contributed by atoms with van der Waals surface area (Å²) in [7, 11) is -0.410. The highest BCUT2D eigenvalue weighted by molar-refractivity contribution is 7.98. The Hall–Kier alpha value is -1.09. The highest BCUT2D eigenvalue weighted by atomic mass is 32.2. The van der Waals surface area contributed by atoms with Crippen molar-refractivity contribution in [2.75, 3.05) is 39.5 Å². The summed E-state index contributed by atoms with van der Waals surface area (Å²) in [6.07, 6.45) is 1.45. The summed E-state index contributed by atoms with van der Waals surface area (Å²) >= 11 is 1.78. The number of thioether (sulfide) groups is 1. The van der Waals surface area contributed by atoms with Gasteiger partial charge >= 0.3 is 0 Å². The minimum absolute atomic E-state index is 0.0420. The van der Waals surface area contributed by atoms with Crippen molar-refractivity contribution in [2.45, 2.75) is 25.5 Å². The Morgan fingerprint density at radius 1 is 1.31 bits per heavy atom. The molecule has 6 nitrogen and oxygen atoms in total. The highest BCUT2D eigenvalue weighted by Crippen LogP contribution is 2.20. The molecule has 0 spiro atoms. The van der Waals surface area contributed by atoms with Crippen LogP contribution in [0.15, 0.2) is 24.3 Å². The first kappa shape index (κ1) is 21.2. The van der Waals surface area contributed by atoms with Crippen molar-refractivity contribution >= 4 is 27.9 Å². The summed E-state index contributed by atoms with van der Waals surface area (Å²) in [6.45, 7) is 3.43. The molecule has 1 amide bonds. The fraction of sp³-hybridized carbons (Fsp3) is 0.611. The van der Waals surface area contributed by atoms with Crippen molar-refractivity contribution in [1.82, 2.24) is 13.9 Å². The van der Waals surface area contributed by atoms with Gasteiger partial charge in [-0.05, 0) is 25.3 Å². The number of nitrogens with zero attached hydrogens (tertiary/aromatic N) is 2. The predicted octanol–water partition coefficient (Wildman–Crippen LogP) is 1.86. The zero-order valence-corrected chi connectivity index (χ0v) is 17.4. The molecule has 0 saturated carbocycles. The molecule has 1 aromatic carbocycles. The van der Waals surface area contributed by atoms with Gasteiger partial charge in [0.2, 0.25) is 5.91 Å². The van der Waals surface area contributed by atoms with E-state index in [2.05, 4.69) is 36.5 Å². The van der Waals surface area contributed by atoms with Crippen LogP contribution in [0.3, 0.4) is 0 Å². The Bertz CT molecular complexity index is 690. The molecule has 8 heteroatoms. The van der Waals surface area contributed by atoms with Crippen LogP contribution in [0, 0.1) is 12.8 Å². The molecule has 0 aliphatic carbocycles. The summed E-state index contributed by atoms with van der Waals surface area (Å²) in [5.74, 6) is 1.46. The molecule has 1 saturated heterocycles. The van der Waals surface area contributed by atoms with Crippen molar-refractivity contribution in [2.24, 2.45) is 5.92 Å². The average Bonchev–Trinajstić information content (AvgIpc) is 2.62. The lowest BCUT2D eigenvalue weighted by Crippen LogP contribution is -2.49. The van der Waals surface area contributed by atoms with Crippen molar-refractivity contribution in [3.8, 4) is 0 Å². The van der Waals surface area contributed by atoms with Gasteiger partial charge in [0.05, 0.1) is 5.92 Å². The lowest BCUT2D eigenvalue weighted by molar-refractivity contribution is -0.125. The number of aryl methyl sites for hydroxylation is 1. The van der Waals surface area contributed by atoms with Crippen LogP contribution in [0.25, 0.3) is 0 Å². The minimum Gasteiger partial charge on any atom is -0.355 e. The van der Waals surface area contributed by atoms with Gasteiger partial charge in [-0.15, -0.1) is 0 Å². The molecule has 0 unspecified atom stereocenters. The zero-order valence-electron chi connectivity index (χ0n) is 15.8. The molecule has 1 aliphatic rings. The van der Waals surface area contributed by atoms with Gasteiger partial charge in [-0.3, -0.25) is 4.79 Å². The maximum absolute atomic E-state index is 12.4. The number of carbonyl (C=O) groups is 1. The summed E-state index contributed by atoms with van der Waals surface area (Å²) < 4.78 is 27.1. The zero-order chi connectivity index (χ0) is 19.2. The Balaban J connectivity index is 1.71. The van der Waals surface area contributed by atoms with E-state index >= 15 is 0 Å². The molecule has 0 radical (unpaired) electrons. The molecule has 1 N–H and O–H groups in total. The molecule has 0 bridgehead atoms. The first-order chi connectivity index (χ1) is 12.3. The van der Waals surface area contributed by atoms with Crippen LogP contribution in [-0.2, 0) is 20.8 Å². The molecule has 0 aromatic heterocycles. The second-order valence-electron chi connectivity index (χ2n) is 6.82. The van der Waals surface area contributed by atoms with Gasteiger partial charge in [0.25, 0.3) is 10.2 Å². The van der Waals surface area contributed by atoms with E-state index in [1.807, 2.05) is 0 Å². The quantitative estimate of drug-likeness (QED) is 0.678. The standard InChI is InChI=1S/C18H29N3O3S2/c1-15-6-8-16(9-7-15)14-25-12-10-19-18(22)17-5-4-11-21(13-17)26(23,24)20(2)3/h6-9,17H,4-5,10-14H2,1-3H3,(H,19,22)/t17-/m1/s1. The number of benzene rings is 1. The van der Waals surface area contributed by atoms with E-state index in [-0.39, 0.29) is 18.4 Å². The van der Waals surface area contributed by atoms with Crippen LogP contribution in [0.2, 0.25) is 0 Å². The third-order valence-corrected chi connectivity index (χ3v) is 7.41. The van der Waals surface area contributed by atoms with Gasteiger partial charge in [0, 0.05) is 45.2 Å². The monoisotopic (exact) mass is 399 g/mol. The first-order valence-electron chi connectivity index (χ1n) is 8.89. The van der Waals surface area contributed by atoms with E-state index in [1.54, 1.807) is 11.8 Å². The van der Waals surface area contributed by atoms with E-state index in [0.717, 1.165) is 17.9 Å². The van der Waals surface area contributed by atoms with Crippen LogP contribution in [0.4, 0.5) is 0 Å². The number of nitrogens with one attached hydrogen (secondary N) is 1. The molecule has 1 aromatic rings. The number of hydrogen-bond acceptors (Lipinski definition) is 4. The molecule has 1 fully saturated rings. The maximum atomic E-state index is 12.4. The lowest BCUT2D eigenvalue weighted by Gasteiger charge is -2.32. The predicted molar refractivity (Wildman–Crippen MR) is 107 cm³/mol. The molecular formula is C18H29N3O3S2. The largest absolute Gasteiger partial charge is 0.355 e. The Kier molecular flexibility index (Phi) is 7.94. The smallest absolute Gasteiger partial charge is 0.281 e. The fourth-order valence-corrected chi connectivity index (χ4v) is 4.87. The summed E-state index contributed by atoms with van der Waals surface area (Å²) in [6, 6.07) is 8.47. The molecular weight excluding hydrogens is 370 g/mol. The average molecular weight is 400 g/mol. The van der Waals surface area contributed by atoms with Crippen LogP contribution in [0.5, 0.6) is 0 Å². The Morgan fingerprint density at radius 2 is 2.00 bits per heavy atom. The normalized spacial score (nSPS) is 18.8. The van der Waals surface area contributed by atoms with Crippen molar-refractivity contribution < 1.29 is 13.2 Å². The van der Waals surface area contributed by atoms with Crippen molar-refractivity contribution in [3.63, 3.8) is 0 Å². The fourth-order valence-electron chi connectivity index (χ4n) is 2.86. The van der Waals surface area contributed by atoms with E-state index in [4.69, 9.17) is 0 Å². The number of carbonyl (C=O) groups excluding carboxylic acids is 1. The van der Waals surface area contributed by atoms with Gasteiger partial charge < -0.3 is 5.32 Å². The molecule has 146 valence electrons. The first-order valence-corrected chi connectivity index (χ1v) is 11.4. The number of hydrogen-bond donors (Lipinski definition) is 1. The summed E-state index contributed by atoms with van der Waals surface area (Å²) in [4.78, 5) is 12.4. The molecule has 1 atom stereocenters. The summed E-state index contributed by atoms with van der Waals surface area (Å²) in [5, 5.41) is 2.95. The van der Waals surface area contributed by atoms with Gasteiger partial charge in [-0.2, -0.15) is 28.8 Å². The van der Waals surface area contributed by atoms with E-state index < -0.39 is 10.2 Å². The lowest BCUT2D eigenvalue weighted by atomic mass is 9.99. The van der Waals surface area contributed by atoms with E-state index in [1.165, 1.54) is 33.8 Å². The van der Waals surface area contributed by atoms with Gasteiger partial charge in [-0.25, -0.2) is 0 Å². The third kappa shape index (κ3) is 5.97. The van der Waals surface area contributed by atoms with Gasteiger partial charge in [0.15, 0.2) is 0 Å². The SMILES string of the molecule is Cc1ccc(CSCCNC(=O)[C@@H]2CCCN(S(=O)(=O)N(C)C)C2)cc1. The van der Waals surface area contributed by atoms with E-state index in [9.17, 15) is 13.2 Å². The van der Waals surface area contributed by atoms with E-state index in [0.29, 0.717) is 19.5 Å². The number of rotatable bonds is 8. The third-order valence-electron chi connectivity index (χ3n) is 4.48. The minimum atomic E-state index is -3.45. The molecule has 26 heavy (non-hydrogen) atoms. The van der Waals surface area contributed by atoms with Crippen LogP contribution in [-0.4, -0.2) is 62.4 Å². The molecule has 1 heterocycles. The Morgan fingerprint density at radius 3 is 2.65 bits per heavy atom. The van der Waals surface area contributed by atoms with Crippen molar-refractivity contribution in [3.05, 3.63) is 35.4 Å². The second kappa shape index (κ2) is 9.73. The maximum Gasteiger partial charge on any atom is 0.281 e. The number of piperidine rings is 1. The molecule has 1 aliphatic heterocycles. The second-order valence-corrected chi connectivity index (χ2v) is 10.1. The Labute approximate surface area is 161 Å². The topological polar surface area (TPSA) is 69.7 Å². The van der Waals surface area contributed by atoms with Crippen LogP contribution in [0.1, 0.15) is 24.0 Å². The number of amides is 1. The van der Waals surface area contributed by atoms with Crippen LogP contribution < -0.4 is 5.32 Å². The van der Waals surface area contributed by atoms with Crippen molar-refractivity contribution in [1.29, 1.82) is 0 Å². The van der Waals surface area contributed by atoms with Gasteiger partial charge in [-0.1, -0.05) is 29.8 Å². The highest BCUT2D eigenvalue weighted by Gasteiger charge is 2.33. The molecule has 2 rings (SSSR count). The van der Waals surface area contributed by atoms with Crippen LogP contribution >= 0.6 is 11.8 Å².